The van der Waals surface area contributed by atoms with Crippen LogP contribution in [-0.4, -0.2) is 44.2 Å². The Morgan fingerprint density at radius 1 is 1.58 bits per heavy atom. The molecule has 0 amide bonds. The quantitative estimate of drug-likeness (QED) is 0.821. The molecule has 0 bridgehead atoms. The zero-order valence-corrected chi connectivity index (χ0v) is 11.6. The number of esters is 1. The Balaban J connectivity index is 1.89. The Labute approximate surface area is 113 Å². The van der Waals surface area contributed by atoms with E-state index >= 15 is 0 Å². The molecule has 106 valence electrons. The van der Waals surface area contributed by atoms with Gasteiger partial charge in [0.15, 0.2) is 0 Å². The van der Waals surface area contributed by atoms with Crippen LogP contribution >= 0.6 is 0 Å². The summed E-state index contributed by atoms with van der Waals surface area (Å²) in [5, 5.41) is 3.51. The fourth-order valence-corrected chi connectivity index (χ4v) is 2.52. The molecule has 1 aromatic heterocycles. The molecule has 1 aliphatic heterocycles. The molecule has 1 N–H and O–H groups in total. The van der Waals surface area contributed by atoms with Crippen molar-refractivity contribution < 1.29 is 13.9 Å². The maximum absolute atomic E-state index is 11.6. The highest BCUT2D eigenvalue weighted by Gasteiger charge is 2.19. The molecule has 1 aliphatic rings. The van der Waals surface area contributed by atoms with Gasteiger partial charge in [-0.15, -0.1) is 0 Å². The number of carbonyl (C=O) groups excluding carboxylic acids is 1. The summed E-state index contributed by atoms with van der Waals surface area (Å²) in [6.45, 7) is 2.68. The van der Waals surface area contributed by atoms with Crippen molar-refractivity contribution in [3.05, 3.63) is 23.7 Å². The molecule has 1 unspecified atom stereocenters. The molecule has 5 heteroatoms. The fraction of sp³-hybridized carbons (Fsp3) is 0.643. The van der Waals surface area contributed by atoms with Crippen molar-refractivity contribution in [2.75, 3.05) is 27.2 Å². The highest BCUT2D eigenvalue weighted by molar-refractivity contribution is 5.90. The van der Waals surface area contributed by atoms with E-state index in [1.807, 2.05) is 7.05 Å². The number of hydrogen-bond donors (Lipinski definition) is 1. The molecule has 19 heavy (non-hydrogen) atoms. The normalized spacial score (nSPS) is 19.6. The van der Waals surface area contributed by atoms with Gasteiger partial charge >= 0.3 is 5.97 Å². The summed E-state index contributed by atoms with van der Waals surface area (Å²) in [6.07, 6.45) is 5.31. The van der Waals surface area contributed by atoms with E-state index in [-0.39, 0.29) is 5.97 Å². The number of piperidine rings is 1. The highest BCUT2D eigenvalue weighted by atomic mass is 16.5. The summed E-state index contributed by atoms with van der Waals surface area (Å²) < 4.78 is 10.1. The number of nitrogens with zero attached hydrogens (tertiary/aromatic N) is 1. The zero-order valence-electron chi connectivity index (χ0n) is 11.6. The van der Waals surface area contributed by atoms with Crippen molar-refractivity contribution in [2.24, 2.45) is 0 Å². The van der Waals surface area contributed by atoms with Crippen molar-refractivity contribution in [1.29, 1.82) is 0 Å². The lowest BCUT2D eigenvalue weighted by Gasteiger charge is -2.27. The molecule has 5 nitrogen and oxygen atoms in total. The average Bonchev–Trinajstić information content (AvgIpc) is 2.87. The molecule has 1 saturated heterocycles. The summed E-state index contributed by atoms with van der Waals surface area (Å²) in [7, 11) is 3.43. The van der Waals surface area contributed by atoms with Gasteiger partial charge in [-0.1, -0.05) is 6.42 Å². The monoisotopic (exact) mass is 266 g/mol. The standard InChI is InChI=1S/C14H22N2O3/c1-16(9-11-5-3-4-7-15-11)10-13-12(6-8-19-13)14(17)18-2/h6,8,11,15H,3-5,7,9-10H2,1-2H3. The third kappa shape index (κ3) is 3.81. The Bertz CT molecular complexity index is 411. The lowest BCUT2D eigenvalue weighted by Crippen LogP contribution is -2.42. The minimum Gasteiger partial charge on any atom is -0.467 e. The van der Waals surface area contributed by atoms with Crippen LogP contribution in [0.3, 0.4) is 0 Å². The van der Waals surface area contributed by atoms with Crippen LogP contribution in [0, 0.1) is 0 Å². The molecule has 1 atom stereocenters. The first kappa shape index (κ1) is 14.1. The molecule has 0 saturated carbocycles. The number of rotatable bonds is 5. The van der Waals surface area contributed by atoms with Gasteiger partial charge in [-0.05, 0) is 32.5 Å². The maximum Gasteiger partial charge on any atom is 0.341 e. The Hall–Kier alpha value is -1.33. The summed E-state index contributed by atoms with van der Waals surface area (Å²) in [6, 6.07) is 2.20. The molecule has 1 fully saturated rings. The first-order chi connectivity index (χ1) is 9.20. The highest BCUT2D eigenvalue weighted by Crippen LogP contribution is 2.15. The van der Waals surface area contributed by atoms with Crippen LogP contribution in [0.2, 0.25) is 0 Å². The smallest absolute Gasteiger partial charge is 0.341 e. The lowest BCUT2D eigenvalue weighted by molar-refractivity contribution is 0.0596. The molecule has 0 radical (unpaired) electrons. The minimum atomic E-state index is -0.340. The van der Waals surface area contributed by atoms with Gasteiger partial charge in [0.2, 0.25) is 0 Å². The van der Waals surface area contributed by atoms with Crippen molar-refractivity contribution in [3.63, 3.8) is 0 Å². The molecule has 0 aliphatic carbocycles. The minimum absolute atomic E-state index is 0.340. The van der Waals surface area contributed by atoms with Gasteiger partial charge in [0, 0.05) is 12.6 Å². The lowest BCUT2D eigenvalue weighted by atomic mass is 10.0. The summed E-state index contributed by atoms with van der Waals surface area (Å²) in [5.74, 6) is 0.332. The summed E-state index contributed by atoms with van der Waals surface area (Å²) in [5.41, 5.74) is 0.519. The van der Waals surface area contributed by atoms with E-state index in [1.165, 1.54) is 32.6 Å². The van der Waals surface area contributed by atoms with Crippen LogP contribution in [0.25, 0.3) is 0 Å². The second-order valence-electron chi connectivity index (χ2n) is 5.09. The van der Waals surface area contributed by atoms with Gasteiger partial charge in [0.1, 0.15) is 11.3 Å². The number of hydrogen-bond acceptors (Lipinski definition) is 5. The molecule has 0 spiro atoms. The van der Waals surface area contributed by atoms with Gasteiger partial charge in [0.25, 0.3) is 0 Å². The Kier molecular flexibility index (Phi) is 4.99. The van der Waals surface area contributed by atoms with E-state index in [2.05, 4.69) is 10.2 Å². The molecule has 2 rings (SSSR count). The third-order valence-electron chi connectivity index (χ3n) is 3.51. The Morgan fingerprint density at radius 3 is 3.11 bits per heavy atom. The van der Waals surface area contributed by atoms with Crippen LogP contribution in [0.15, 0.2) is 16.7 Å². The SMILES string of the molecule is COC(=O)c1ccoc1CN(C)CC1CCCCN1. The number of nitrogens with one attached hydrogen (secondary N) is 1. The number of furan rings is 1. The van der Waals surface area contributed by atoms with Crippen LogP contribution in [-0.2, 0) is 11.3 Å². The predicted molar refractivity (Wildman–Crippen MR) is 72.0 cm³/mol. The zero-order chi connectivity index (χ0) is 13.7. The van der Waals surface area contributed by atoms with E-state index < -0.39 is 0 Å². The molecule has 1 aromatic rings. The van der Waals surface area contributed by atoms with Gasteiger partial charge in [0.05, 0.1) is 19.9 Å². The van der Waals surface area contributed by atoms with Crippen molar-refractivity contribution >= 4 is 5.97 Å². The first-order valence-electron chi connectivity index (χ1n) is 6.77. The molecular formula is C14H22N2O3. The maximum atomic E-state index is 11.6. The van der Waals surface area contributed by atoms with Crippen molar-refractivity contribution in [2.45, 2.75) is 31.8 Å². The third-order valence-corrected chi connectivity index (χ3v) is 3.51. The number of likely N-dealkylation sites (N-methyl/N-ethyl adjacent to an activating group) is 1. The van der Waals surface area contributed by atoms with E-state index in [9.17, 15) is 4.79 Å². The van der Waals surface area contributed by atoms with Crippen LogP contribution in [0.5, 0.6) is 0 Å². The fourth-order valence-electron chi connectivity index (χ4n) is 2.52. The molecule has 0 aromatic carbocycles. The summed E-state index contributed by atoms with van der Waals surface area (Å²) in [4.78, 5) is 13.7. The van der Waals surface area contributed by atoms with Gasteiger partial charge in [-0.2, -0.15) is 0 Å². The summed E-state index contributed by atoms with van der Waals surface area (Å²) >= 11 is 0. The number of carbonyl (C=O) groups is 1. The largest absolute Gasteiger partial charge is 0.467 e. The van der Waals surface area contributed by atoms with E-state index in [1.54, 1.807) is 6.07 Å². The van der Waals surface area contributed by atoms with E-state index in [0.29, 0.717) is 23.9 Å². The van der Waals surface area contributed by atoms with E-state index in [0.717, 1.165) is 13.1 Å². The molecule has 2 heterocycles. The van der Waals surface area contributed by atoms with Gasteiger partial charge in [-0.25, -0.2) is 4.79 Å². The van der Waals surface area contributed by atoms with Gasteiger partial charge in [-0.3, -0.25) is 4.90 Å². The van der Waals surface area contributed by atoms with Crippen LogP contribution < -0.4 is 5.32 Å². The van der Waals surface area contributed by atoms with Crippen LogP contribution in [0.1, 0.15) is 35.4 Å². The second kappa shape index (κ2) is 6.73. The number of methoxy groups -OCH3 is 1. The van der Waals surface area contributed by atoms with Crippen molar-refractivity contribution in [3.8, 4) is 0 Å². The average molecular weight is 266 g/mol. The second-order valence-corrected chi connectivity index (χ2v) is 5.09. The number of ether oxygens (including phenoxy) is 1. The van der Waals surface area contributed by atoms with Crippen LogP contribution in [0.4, 0.5) is 0 Å². The topological polar surface area (TPSA) is 54.7 Å². The van der Waals surface area contributed by atoms with Crippen molar-refractivity contribution in [1.82, 2.24) is 10.2 Å². The van der Waals surface area contributed by atoms with E-state index in [4.69, 9.17) is 9.15 Å². The predicted octanol–water partition coefficient (Wildman–Crippen LogP) is 1.64. The molecular weight excluding hydrogens is 244 g/mol. The van der Waals surface area contributed by atoms with Gasteiger partial charge < -0.3 is 14.5 Å². The first-order valence-corrected chi connectivity index (χ1v) is 6.77. The Morgan fingerprint density at radius 2 is 2.42 bits per heavy atom.